The van der Waals surface area contributed by atoms with Crippen LogP contribution in [0.2, 0.25) is 0 Å². The van der Waals surface area contributed by atoms with E-state index in [-0.39, 0.29) is 10.9 Å². The molecule has 4 bridgehead atoms. The lowest BCUT2D eigenvalue weighted by Crippen LogP contribution is -2.56. The van der Waals surface area contributed by atoms with Crippen LogP contribution in [0.4, 0.5) is 0 Å². The first-order valence-corrected chi connectivity index (χ1v) is 12.0. The molecule has 4 aliphatic carbocycles. The Balaban J connectivity index is 1.32. The summed E-state index contributed by atoms with van der Waals surface area (Å²) < 4.78 is 24.7. The molecule has 0 heterocycles. The third kappa shape index (κ3) is 4.29. The quantitative estimate of drug-likeness (QED) is 0.542. The van der Waals surface area contributed by atoms with E-state index < -0.39 is 39.5 Å². The van der Waals surface area contributed by atoms with Gasteiger partial charge in [0.2, 0.25) is 5.78 Å². The number of carbonyl (C=O) groups excluding carboxylic acids is 3. The Morgan fingerprint density at radius 3 is 2.03 bits per heavy atom. The van der Waals surface area contributed by atoms with Crippen LogP contribution in [-0.2, 0) is 24.2 Å². The van der Waals surface area contributed by atoms with E-state index >= 15 is 0 Å². The third-order valence-corrected chi connectivity index (χ3v) is 8.56. The van der Waals surface area contributed by atoms with Crippen molar-refractivity contribution in [3.63, 3.8) is 0 Å². The summed E-state index contributed by atoms with van der Waals surface area (Å²) in [6, 6.07) is 6.21. The number of aryl methyl sites for hydroxylation is 1. The molecule has 1 N–H and O–H groups in total. The lowest BCUT2D eigenvalue weighted by Gasteiger charge is -2.54. The molecule has 29 heavy (non-hydrogen) atoms. The third-order valence-electron chi connectivity index (χ3n) is 6.87. The lowest BCUT2D eigenvalue weighted by molar-refractivity contribution is -0.141. The molecule has 4 aliphatic rings. The van der Waals surface area contributed by atoms with Crippen molar-refractivity contribution in [1.82, 2.24) is 5.32 Å². The van der Waals surface area contributed by atoms with Crippen LogP contribution < -0.4 is 5.32 Å². The van der Waals surface area contributed by atoms with E-state index in [0.717, 1.165) is 43.1 Å². The number of sulfone groups is 1. The van der Waals surface area contributed by atoms with Crippen LogP contribution in [0.5, 0.6) is 0 Å². The highest BCUT2D eigenvalue weighted by Crippen LogP contribution is 2.53. The van der Waals surface area contributed by atoms with Crippen molar-refractivity contribution < 1.29 is 22.8 Å². The van der Waals surface area contributed by atoms with E-state index in [2.05, 4.69) is 5.32 Å². The molecule has 4 saturated carbocycles. The summed E-state index contributed by atoms with van der Waals surface area (Å²) in [4.78, 5) is 36.9. The maximum atomic E-state index is 12.4. The Labute approximate surface area is 171 Å². The average molecular weight is 418 g/mol. The van der Waals surface area contributed by atoms with Crippen molar-refractivity contribution in [2.45, 2.75) is 56.4 Å². The van der Waals surface area contributed by atoms with Gasteiger partial charge in [-0.25, -0.2) is 8.42 Å². The number of benzene rings is 1. The molecule has 0 saturated heterocycles. The van der Waals surface area contributed by atoms with E-state index in [0.29, 0.717) is 11.8 Å². The minimum atomic E-state index is -3.82. The Hall–Kier alpha value is -2.02. The second kappa shape index (κ2) is 7.67. The topological polar surface area (TPSA) is 97.4 Å². The summed E-state index contributed by atoms with van der Waals surface area (Å²) in [7, 11) is -3.82. The number of rotatable bonds is 7. The van der Waals surface area contributed by atoms with E-state index in [1.165, 1.54) is 18.6 Å². The molecule has 1 aromatic rings. The van der Waals surface area contributed by atoms with Crippen LogP contribution >= 0.6 is 0 Å². The predicted octanol–water partition coefficient (Wildman–Crippen LogP) is 2.24. The number of amides is 1. The molecule has 156 valence electrons. The summed E-state index contributed by atoms with van der Waals surface area (Å²) in [5.74, 6) is -0.735. The van der Waals surface area contributed by atoms with Crippen LogP contribution in [0.3, 0.4) is 0 Å². The molecular weight excluding hydrogens is 390 g/mol. The monoisotopic (exact) mass is 417 g/mol. The molecule has 0 spiro atoms. The fourth-order valence-corrected chi connectivity index (χ4v) is 6.99. The minimum absolute atomic E-state index is 0.0191. The van der Waals surface area contributed by atoms with Gasteiger partial charge in [-0.3, -0.25) is 14.4 Å². The molecule has 1 amide bonds. The number of hydrogen-bond donors (Lipinski definition) is 1. The van der Waals surface area contributed by atoms with Crippen LogP contribution in [0, 0.1) is 30.6 Å². The molecule has 4 fully saturated rings. The maximum Gasteiger partial charge on any atom is 0.288 e. The zero-order chi connectivity index (χ0) is 20.8. The lowest BCUT2D eigenvalue weighted by atomic mass is 9.54. The van der Waals surface area contributed by atoms with E-state index in [1.807, 2.05) is 6.92 Å². The second-order valence-corrected chi connectivity index (χ2v) is 11.1. The van der Waals surface area contributed by atoms with Crippen molar-refractivity contribution in [3.8, 4) is 0 Å². The second-order valence-electron chi connectivity index (χ2n) is 9.14. The molecule has 5 rings (SSSR count). The van der Waals surface area contributed by atoms with Gasteiger partial charge in [0, 0.05) is 6.04 Å². The number of hydrogen-bond acceptors (Lipinski definition) is 5. The van der Waals surface area contributed by atoms with Crippen molar-refractivity contribution >= 4 is 27.3 Å². The van der Waals surface area contributed by atoms with Gasteiger partial charge in [0.1, 0.15) is 5.75 Å². The normalized spacial score (nSPS) is 30.2. The Bertz CT molecular complexity index is 906. The van der Waals surface area contributed by atoms with Crippen molar-refractivity contribution in [2.75, 3.05) is 5.75 Å². The predicted molar refractivity (Wildman–Crippen MR) is 107 cm³/mol. The molecule has 7 heteroatoms. The number of nitrogens with one attached hydrogen (secondary N) is 1. The number of ketones is 2. The SMILES string of the molecule is Cc1ccc(S(=O)(=O)CC(=O)CC(=O)C(=O)NC2C3CC4CC(C3)CC2C4)cc1. The first-order chi connectivity index (χ1) is 13.7. The highest BCUT2D eigenvalue weighted by molar-refractivity contribution is 7.92. The standard InChI is InChI=1S/C22H27NO5S/c1-13-2-4-19(5-3-13)29(27,28)12-18(24)11-20(25)22(26)23-21-16-7-14-6-15(9-16)10-17(21)8-14/h2-5,14-17,21H,6-12H2,1H3,(H,23,26). The van der Waals surface area contributed by atoms with E-state index in [4.69, 9.17) is 0 Å². The van der Waals surface area contributed by atoms with Gasteiger partial charge >= 0.3 is 0 Å². The Kier molecular flexibility index (Phi) is 5.36. The molecule has 0 aromatic heterocycles. The zero-order valence-electron chi connectivity index (χ0n) is 16.6. The van der Waals surface area contributed by atoms with Gasteiger partial charge in [-0.05, 0) is 74.8 Å². The van der Waals surface area contributed by atoms with Gasteiger partial charge < -0.3 is 5.32 Å². The molecule has 6 nitrogen and oxygen atoms in total. The van der Waals surface area contributed by atoms with Gasteiger partial charge in [0.05, 0.1) is 11.3 Å². The average Bonchev–Trinajstić information content (AvgIpc) is 2.63. The van der Waals surface area contributed by atoms with Gasteiger partial charge in [-0.15, -0.1) is 0 Å². The van der Waals surface area contributed by atoms with Crippen LogP contribution in [0.15, 0.2) is 29.2 Å². The fourth-order valence-electron chi connectivity index (χ4n) is 5.74. The summed E-state index contributed by atoms with van der Waals surface area (Å²) in [6.45, 7) is 1.84. The zero-order valence-corrected chi connectivity index (χ0v) is 17.4. The molecule has 1 aromatic carbocycles. The van der Waals surface area contributed by atoms with Crippen molar-refractivity contribution in [2.24, 2.45) is 23.7 Å². The minimum Gasteiger partial charge on any atom is -0.346 e. The smallest absolute Gasteiger partial charge is 0.288 e. The number of carbonyl (C=O) groups is 3. The fraction of sp³-hybridized carbons (Fsp3) is 0.591. The molecular formula is C22H27NO5S. The number of Topliss-reactive ketones (excluding diaryl/α,β-unsaturated/α-hetero) is 2. The van der Waals surface area contributed by atoms with Gasteiger partial charge in [0.15, 0.2) is 15.6 Å². The van der Waals surface area contributed by atoms with Gasteiger partial charge in [-0.2, -0.15) is 0 Å². The highest BCUT2D eigenvalue weighted by Gasteiger charge is 2.48. The summed E-state index contributed by atoms with van der Waals surface area (Å²) >= 11 is 0. The Morgan fingerprint density at radius 1 is 0.931 bits per heavy atom. The van der Waals surface area contributed by atoms with E-state index in [9.17, 15) is 22.8 Å². The van der Waals surface area contributed by atoms with Gasteiger partial charge in [0.25, 0.3) is 5.91 Å². The van der Waals surface area contributed by atoms with Crippen LogP contribution in [0.1, 0.15) is 44.1 Å². The highest BCUT2D eigenvalue weighted by atomic mass is 32.2. The maximum absolute atomic E-state index is 12.4. The largest absolute Gasteiger partial charge is 0.346 e. The molecule has 0 radical (unpaired) electrons. The molecule has 0 aliphatic heterocycles. The summed E-state index contributed by atoms with van der Waals surface area (Å²) in [5, 5.41) is 2.88. The first kappa shape index (κ1) is 20.3. The molecule has 0 atom stereocenters. The Morgan fingerprint density at radius 2 is 1.48 bits per heavy atom. The van der Waals surface area contributed by atoms with Crippen LogP contribution in [0.25, 0.3) is 0 Å². The van der Waals surface area contributed by atoms with Crippen LogP contribution in [-0.4, -0.2) is 37.7 Å². The summed E-state index contributed by atoms with van der Waals surface area (Å²) in [5.41, 5.74) is 0.909. The first-order valence-electron chi connectivity index (χ1n) is 10.4. The van der Waals surface area contributed by atoms with Gasteiger partial charge in [-0.1, -0.05) is 17.7 Å². The van der Waals surface area contributed by atoms with Crippen molar-refractivity contribution in [1.29, 1.82) is 0 Å². The molecule has 0 unspecified atom stereocenters. The summed E-state index contributed by atoms with van der Waals surface area (Å²) in [6.07, 6.45) is 5.07. The van der Waals surface area contributed by atoms with E-state index in [1.54, 1.807) is 12.1 Å². The van der Waals surface area contributed by atoms with Crippen molar-refractivity contribution in [3.05, 3.63) is 29.8 Å².